The van der Waals surface area contributed by atoms with Gasteiger partial charge in [-0.05, 0) is 32.8 Å². The van der Waals surface area contributed by atoms with Crippen LogP contribution in [0.3, 0.4) is 0 Å². The molecule has 2 unspecified atom stereocenters. The van der Waals surface area contributed by atoms with Gasteiger partial charge in [-0.3, -0.25) is 4.79 Å². The summed E-state index contributed by atoms with van der Waals surface area (Å²) in [6.07, 6.45) is 0.760. The number of hydrogen-bond acceptors (Lipinski definition) is 3. The van der Waals surface area contributed by atoms with Gasteiger partial charge in [0.15, 0.2) is 0 Å². The van der Waals surface area contributed by atoms with Gasteiger partial charge in [0.05, 0.1) is 17.6 Å². The highest BCUT2D eigenvalue weighted by Gasteiger charge is 2.35. The van der Waals surface area contributed by atoms with Gasteiger partial charge in [-0.25, -0.2) is 0 Å². The smallest absolute Gasteiger partial charge is 0.227 e. The number of ether oxygens (including phenoxy) is 1. The largest absolute Gasteiger partial charge is 0.369 e. The second-order valence-electron chi connectivity index (χ2n) is 6.53. The van der Waals surface area contributed by atoms with Crippen LogP contribution in [0.25, 0.3) is 0 Å². The van der Waals surface area contributed by atoms with E-state index in [0.717, 1.165) is 5.56 Å². The molecule has 0 aromatic heterocycles. The summed E-state index contributed by atoms with van der Waals surface area (Å²) in [6, 6.07) is 10.1. The molecule has 0 spiro atoms. The van der Waals surface area contributed by atoms with E-state index in [1.165, 1.54) is 0 Å². The van der Waals surface area contributed by atoms with Crippen LogP contribution in [-0.2, 0) is 16.0 Å². The first-order valence-corrected chi connectivity index (χ1v) is 7.62. The Bertz CT molecular complexity index is 473. The third kappa shape index (κ3) is 4.29. The minimum absolute atomic E-state index is 0.0628. The molecule has 1 heterocycles. The molecule has 2 rings (SSSR count). The Kier molecular flexibility index (Phi) is 5.01. The fraction of sp³-hybridized carbons (Fsp3) is 0.588. The SMILES string of the molecule is CC1CN(C(=O)C(CN)Cc2ccccc2)CC(C)(C)O1. The normalized spacial score (nSPS) is 22.9. The molecule has 21 heavy (non-hydrogen) atoms. The molecular formula is C17H26N2O2. The molecule has 1 fully saturated rings. The molecule has 116 valence electrons. The van der Waals surface area contributed by atoms with Crippen LogP contribution < -0.4 is 5.73 Å². The van der Waals surface area contributed by atoms with E-state index in [1.807, 2.05) is 56.0 Å². The molecule has 1 aliphatic rings. The van der Waals surface area contributed by atoms with Gasteiger partial charge >= 0.3 is 0 Å². The number of amides is 1. The van der Waals surface area contributed by atoms with Crippen molar-refractivity contribution in [2.75, 3.05) is 19.6 Å². The summed E-state index contributed by atoms with van der Waals surface area (Å²) in [6.45, 7) is 7.71. The standard InChI is InChI=1S/C17H26N2O2/c1-13-11-19(12-17(2,3)21-13)16(20)15(10-18)9-14-7-5-4-6-8-14/h4-8,13,15H,9-12,18H2,1-3H3. The predicted molar refractivity (Wildman–Crippen MR) is 83.9 cm³/mol. The van der Waals surface area contributed by atoms with Gasteiger partial charge in [0.2, 0.25) is 5.91 Å². The molecule has 0 saturated carbocycles. The lowest BCUT2D eigenvalue weighted by Gasteiger charge is -2.42. The Balaban J connectivity index is 2.06. The summed E-state index contributed by atoms with van der Waals surface area (Å²) in [4.78, 5) is 14.7. The fourth-order valence-corrected chi connectivity index (χ4v) is 3.05. The summed E-state index contributed by atoms with van der Waals surface area (Å²) in [5.74, 6) is -0.0157. The van der Waals surface area contributed by atoms with Crippen molar-refractivity contribution in [2.24, 2.45) is 11.7 Å². The zero-order chi connectivity index (χ0) is 15.5. The first kappa shape index (κ1) is 16.0. The molecule has 0 aliphatic carbocycles. The molecule has 1 aliphatic heterocycles. The molecule has 4 heteroatoms. The molecule has 4 nitrogen and oxygen atoms in total. The molecule has 0 bridgehead atoms. The van der Waals surface area contributed by atoms with E-state index >= 15 is 0 Å². The maximum Gasteiger partial charge on any atom is 0.227 e. The highest BCUT2D eigenvalue weighted by Crippen LogP contribution is 2.23. The second-order valence-corrected chi connectivity index (χ2v) is 6.53. The molecule has 1 aromatic rings. The van der Waals surface area contributed by atoms with Crippen molar-refractivity contribution in [2.45, 2.75) is 38.9 Å². The van der Waals surface area contributed by atoms with E-state index in [2.05, 4.69) is 0 Å². The zero-order valence-electron chi connectivity index (χ0n) is 13.2. The topological polar surface area (TPSA) is 55.6 Å². The lowest BCUT2D eigenvalue weighted by atomic mass is 9.96. The average Bonchev–Trinajstić information content (AvgIpc) is 2.43. The quantitative estimate of drug-likeness (QED) is 0.920. The molecule has 0 radical (unpaired) electrons. The highest BCUT2D eigenvalue weighted by atomic mass is 16.5. The van der Waals surface area contributed by atoms with Gasteiger partial charge in [-0.1, -0.05) is 30.3 Å². The Morgan fingerprint density at radius 1 is 1.43 bits per heavy atom. The van der Waals surface area contributed by atoms with E-state index in [9.17, 15) is 4.79 Å². The van der Waals surface area contributed by atoms with Gasteiger partial charge in [0.1, 0.15) is 0 Å². The lowest BCUT2D eigenvalue weighted by molar-refractivity contribution is -0.161. The molecule has 2 atom stereocenters. The number of hydrogen-bond donors (Lipinski definition) is 1. The number of benzene rings is 1. The van der Waals surface area contributed by atoms with Crippen LogP contribution in [0.2, 0.25) is 0 Å². The average molecular weight is 290 g/mol. The van der Waals surface area contributed by atoms with E-state index in [4.69, 9.17) is 10.5 Å². The van der Waals surface area contributed by atoms with Crippen LogP contribution in [-0.4, -0.2) is 42.1 Å². The Morgan fingerprint density at radius 3 is 2.67 bits per heavy atom. The van der Waals surface area contributed by atoms with Crippen LogP contribution in [0.15, 0.2) is 30.3 Å². The highest BCUT2D eigenvalue weighted by molar-refractivity contribution is 5.79. The molecular weight excluding hydrogens is 264 g/mol. The molecule has 2 N–H and O–H groups in total. The maximum absolute atomic E-state index is 12.8. The second kappa shape index (κ2) is 6.58. The van der Waals surface area contributed by atoms with Crippen molar-refractivity contribution in [1.82, 2.24) is 4.90 Å². The van der Waals surface area contributed by atoms with Gasteiger partial charge in [0, 0.05) is 19.6 Å². The van der Waals surface area contributed by atoms with E-state index < -0.39 is 0 Å². The number of nitrogens with zero attached hydrogens (tertiary/aromatic N) is 1. The third-order valence-electron chi connectivity index (χ3n) is 3.84. The van der Waals surface area contributed by atoms with Crippen molar-refractivity contribution >= 4 is 5.91 Å². The number of carbonyl (C=O) groups excluding carboxylic acids is 1. The van der Waals surface area contributed by atoms with Gasteiger partial charge in [-0.15, -0.1) is 0 Å². The van der Waals surface area contributed by atoms with Gasteiger partial charge in [0.25, 0.3) is 0 Å². The number of morpholine rings is 1. The van der Waals surface area contributed by atoms with Crippen molar-refractivity contribution in [1.29, 1.82) is 0 Å². The summed E-state index contributed by atoms with van der Waals surface area (Å²) < 4.78 is 5.86. The number of nitrogens with two attached hydrogens (primary N) is 1. The van der Waals surface area contributed by atoms with Gasteiger partial charge in [-0.2, -0.15) is 0 Å². The van der Waals surface area contributed by atoms with Crippen LogP contribution >= 0.6 is 0 Å². The van der Waals surface area contributed by atoms with Gasteiger partial charge < -0.3 is 15.4 Å². The minimum Gasteiger partial charge on any atom is -0.369 e. The first-order chi connectivity index (χ1) is 9.91. The summed E-state index contributed by atoms with van der Waals surface area (Å²) >= 11 is 0. The predicted octanol–water partition coefficient (Wildman–Crippen LogP) is 1.83. The lowest BCUT2D eigenvalue weighted by Crippen LogP contribution is -2.55. The Morgan fingerprint density at radius 2 is 2.10 bits per heavy atom. The Hall–Kier alpha value is -1.39. The maximum atomic E-state index is 12.8. The fourth-order valence-electron chi connectivity index (χ4n) is 3.05. The first-order valence-electron chi connectivity index (χ1n) is 7.62. The summed E-state index contributed by atoms with van der Waals surface area (Å²) in [7, 11) is 0. The van der Waals surface area contributed by atoms with Crippen molar-refractivity contribution in [3.63, 3.8) is 0 Å². The van der Waals surface area contributed by atoms with Crippen molar-refractivity contribution < 1.29 is 9.53 Å². The van der Waals surface area contributed by atoms with E-state index in [0.29, 0.717) is 26.1 Å². The molecule has 1 aromatic carbocycles. The third-order valence-corrected chi connectivity index (χ3v) is 3.84. The Labute approximate surface area is 127 Å². The van der Waals surface area contributed by atoms with Crippen LogP contribution in [0.5, 0.6) is 0 Å². The number of rotatable bonds is 4. The molecule has 1 amide bonds. The van der Waals surface area contributed by atoms with Crippen molar-refractivity contribution in [3.05, 3.63) is 35.9 Å². The minimum atomic E-state index is -0.292. The molecule has 1 saturated heterocycles. The van der Waals surface area contributed by atoms with Crippen LogP contribution in [0, 0.1) is 5.92 Å². The van der Waals surface area contributed by atoms with E-state index in [1.54, 1.807) is 0 Å². The number of carbonyl (C=O) groups is 1. The van der Waals surface area contributed by atoms with E-state index in [-0.39, 0.29) is 23.5 Å². The monoisotopic (exact) mass is 290 g/mol. The van der Waals surface area contributed by atoms with Crippen LogP contribution in [0.1, 0.15) is 26.3 Å². The summed E-state index contributed by atoms with van der Waals surface area (Å²) in [5.41, 5.74) is 6.71. The zero-order valence-corrected chi connectivity index (χ0v) is 13.2. The van der Waals surface area contributed by atoms with Crippen molar-refractivity contribution in [3.8, 4) is 0 Å². The van der Waals surface area contributed by atoms with Crippen LogP contribution in [0.4, 0.5) is 0 Å². The summed E-state index contributed by atoms with van der Waals surface area (Å²) in [5, 5.41) is 0.